The first kappa shape index (κ1) is 10.3. The van der Waals surface area contributed by atoms with Crippen LogP contribution >= 0.6 is 0 Å². The molecule has 0 atom stereocenters. The molecule has 0 radical (unpaired) electrons. The van der Waals surface area contributed by atoms with Crippen LogP contribution in [0.25, 0.3) is 0 Å². The third kappa shape index (κ3) is 3.87. The van der Waals surface area contributed by atoms with Gasteiger partial charge in [-0.05, 0) is 0 Å². The molecule has 0 amide bonds. The molecule has 11 heavy (non-hydrogen) atoms. The van der Waals surface area contributed by atoms with E-state index >= 15 is 0 Å². The highest BCUT2D eigenvalue weighted by atomic mass is 32.2. The molecule has 0 fully saturated rings. The van der Waals surface area contributed by atoms with Crippen LogP contribution in [0, 0.1) is 5.41 Å². The van der Waals surface area contributed by atoms with E-state index in [4.69, 9.17) is 0 Å². The highest BCUT2D eigenvalue weighted by Gasteiger charge is 2.24. The summed E-state index contributed by atoms with van der Waals surface area (Å²) in [7, 11) is -3.51. The number of hydrogen-bond donors (Lipinski definition) is 0. The molecule has 0 heterocycles. The minimum atomic E-state index is -3.51. The second-order valence-electron chi connectivity index (χ2n) is 2.96. The topological polar surface area (TPSA) is 63.6 Å². The molecule has 0 aromatic carbocycles. The Balaban J connectivity index is 4.51. The van der Waals surface area contributed by atoms with E-state index in [0.29, 0.717) is 6.29 Å². The molecule has 0 unspecified atom stereocenters. The number of rotatable bonds is 4. The van der Waals surface area contributed by atoms with Gasteiger partial charge in [-0.3, -0.25) is 0 Å². The fourth-order valence-electron chi connectivity index (χ4n) is 0.550. The van der Waals surface area contributed by atoms with Crippen molar-refractivity contribution in [2.45, 2.75) is 13.8 Å². The first-order valence-electron chi connectivity index (χ1n) is 3.00. The largest absolute Gasteiger partial charge is 0.303 e. The van der Waals surface area contributed by atoms with Gasteiger partial charge < -0.3 is 4.79 Å². The summed E-state index contributed by atoms with van der Waals surface area (Å²) in [6.07, 6.45) is 0.593. The molecule has 0 saturated carbocycles. The van der Waals surface area contributed by atoms with E-state index in [2.05, 4.69) is 11.1 Å². The summed E-state index contributed by atoms with van der Waals surface area (Å²) < 4.78 is 24.5. The lowest BCUT2D eigenvalue weighted by molar-refractivity contribution is -0.113. The van der Waals surface area contributed by atoms with Crippen molar-refractivity contribution in [2.75, 3.05) is 5.75 Å². The highest BCUT2D eigenvalue weighted by Crippen LogP contribution is 2.14. The van der Waals surface area contributed by atoms with Gasteiger partial charge in [0.1, 0.15) is 6.29 Å². The maximum Gasteiger partial charge on any atom is 0.253 e. The van der Waals surface area contributed by atoms with Crippen molar-refractivity contribution in [3.63, 3.8) is 0 Å². The summed E-state index contributed by atoms with van der Waals surface area (Å²) in [4.78, 5) is 10.3. The second-order valence-corrected chi connectivity index (χ2v) is 4.67. The Bertz CT molecular complexity index is 253. The van der Waals surface area contributed by atoms with Gasteiger partial charge in [0.05, 0.1) is 5.75 Å². The predicted molar refractivity (Wildman–Crippen MR) is 43.2 cm³/mol. The monoisotopic (exact) mass is 177 g/mol. The lowest BCUT2D eigenvalue weighted by Crippen LogP contribution is -2.23. The molecular weight excluding hydrogens is 166 g/mol. The maximum absolute atomic E-state index is 10.8. The van der Waals surface area contributed by atoms with E-state index in [1.165, 1.54) is 13.8 Å². The van der Waals surface area contributed by atoms with Gasteiger partial charge in [-0.25, -0.2) is 8.42 Å². The number of carbonyl (C=O) groups is 1. The Hall–Kier alpha value is -0.710. The molecule has 0 bridgehead atoms. The molecule has 0 N–H and O–H groups in total. The van der Waals surface area contributed by atoms with Crippen LogP contribution in [0.1, 0.15) is 13.8 Å². The van der Waals surface area contributed by atoms with Crippen LogP contribution in [0.5, 0.6) is 0 Å². The fourth-order valence-corrected chi connectivity index (χ4v) is 1.65. The number of sulfonamides is 1. The van der Waals surface area contributed by atoms with Crippen molar-refractivity contribution in [3.8, 4) is 0 Å². The average Bonchev–Trinajstić information content (AvgIpc) is 1.86. The van der Waals surface area contributed by atoms with Crippen molar-refractivity contribution in [1.82, 2.24) is 0 Å². The number of aldehydes is 1. The molecule has 0 aromatic heterocycles. The molecular formula is C6H11NO3S. The van der Waals surface area contributed by atoms with E-state index in [-0.39, 0.29) is 5.75 Å². The Morgan fingerprint density at radius 1 is 1.55 bits per heavy atom. The van der Waals surface area contributed by atoms with E-state index in [1.807, 2.05) is 0 Å². The van der Waals surface area contributed by atoms with Crippen LogP contribution < -0.4 is 0 Å². The molecule has 5 heteroatoms. The zero-order valence-corrected chi connectivity index (χ0v) is 7.39. The van der Waals surface area contributed by atoms with Crippen LogP contribution in [-0.4, -0.2) is 27.2 Å². The van der Waals surface area contributed by atoms with Crippen molar-refractivity contribution in [1.29, 1.82) is 0 Å². The normalized spacial score (nSPS) is 12.5. The summed E-state index contributed by atoms with van der Waals surface area (Å²) in [5.41, 5.74) is -0.875. The van der Waals surface area contributed by atoms with Crippen molar-refractivity contribution in [3.05, 3.63) is 0 Å². The van der Waals surface area contributed by atoms with E-state index in [0.717, 1.165) is 0 Å². The van der Waals surface area contributed by atoms with Crippen LogP contribution in [0.2, 0.25) is 0 Å². The molecule has 0 aliphatic heterocycles. The molecule has 4 nitrogen and oxygen atoms in total. The third-order valence-corrected chi connectivity index (χ3v) is 2.57. The van der Waals surface area contributed by atoms with Gasteiger partial charge in [0.15, 0.2) is 0 Å². The molecule has 0 spiro atoms. The summed E-state index contributed by atoms with van der Waals surface area (Å²) >= 11 is 0. The first-order valence-corrected chi connectivity index (χ1v) is 4.61. The van der Waals surface area contributed by atoms with Crippen LogP contribution in [0.15, 0.2) is 4.40 Å². The van der Waals surface area contributed by atoms with E-state index in [1.54, 1.807) is 0 Å². The Labute approximate surface area is 66.4 Å². The fraction of sp³-hybridized carbons (Fsp3) is 0.667. The molecule has 64 valence electrons. The van der Waals surface area contributed by atoms with Crippen LogP contribution in [0.4, 0.5) is 0 Å². The zero-order valence-electron chi connectivity index (χ0n) is 6.57. The van der Waals surface area contributed by atoms with Crippen molar-refractivity contribution >= 4 is 23.0 Å². The smallest absolute Gasteiger partial charge is 0.253 e. The first-order chi connectivity index (χ1) is 4.83. The molecule has 0 rings (SSSR count). The van der Waals surface area contributed by atoms with E-state index in [9.17, 15) is 13.2 Å². The molecule has 0 aliphatic rings. The number of carbonyl (C=O) groups excluding carboxylic acids is 1. The van der Waals surface area contributed by atoms with Crippen molar-refractivity contribution < 1.29 is 13.2 Å². The van der Waals surface area contributed by atoms with Gasteiger partial charge >= 0.3 is 0 Å². The Morgan fingerprint density at radius 3 is 2.27 bits per heavy atom. The van der Waals surface area contributed by atoms with Crippen LogP contribution in [0.3, 0.4) is 0 Å². The maximum atomic E-state index is 10.8. The highest BCUT2D eigenvalue weighted by molar-refractivity contribution is 7.90. The van der Waals surface area contributed by atoms with Gasteiger partial charge in [0, 0.05) is 12.1 Å². The minimum absolute atomic E-state index is 0.285. The standard InChI is InChI=1S/C6H11NO3S/c1-6(2,4-8)5-11(9,10)7-3/h4H,3,5H2,1-2H3. The second kappa shape index (κ2) is 3.13. The summed E-state index contributed by atoms with van der Waals surface area (Å²) in [6.45, 7) is 5.96. The average molecular weight is 177 g/mol. The predicted octanol–water partition coefficient (Wildman–Crippen LogP) is 0.242. The summed E-state index contributed by atoms with van der Waals surface area (Å²) in [5.74, 6) is -0.285. The van der Waals surface area contributed by atoms with Crippen molar-refractivity contribution in [2.24, 2.45) is 9.81 Å². The summed E-state index contributed by atoms with van der Waals surface area (Å²) in [6, 6.07) is 0. The number of hydrogen-bond acceptors (Lipinski definition) is 3. The molecule has 0 aliphatic carbocycles. The number of nitrogens with zero attached hydrogens (tertiary/aromatic N) is 1. The van der Waals surface area contributed by atoms with Gasteiger partial charge in [0.2, 0.25) is 0 Å². The lowest BCUT2D eigenvalue weighted by atomic mass is 10.00. The van der Waals surface area contributed by atoms with Gasteiger partial charge in [-0.2, -0.15) is 4.40 Å². The summed E-state index contributed by atoms with van der Waals surface area (Å²) in [5, 5.41) is 0. The molecule has 0 aromatic rings. The van der Waals surface area contributed by atoms with Crippen LogP contribution in [-0.2, 0) is 14.8 Å². The third-order valence-electron chi connectivity index (χ3n) is 1.07. The van der Waals surface area contributed by atoms with Gasteiger partial charge in [0.25, 0.3) is 10.0 Å². The lowest BCUT2D eigenvalue weighted by Gasteiger charge is -2.13. The minimum Gasteiger partial charge on any atom is -0.303 e. The Kier molecular flexibility index (Phi) is 2.92. The van der Waals surface area contributed by atoms with Gasteiger partial charge in [-0.15, -0.1) is 0 Å². The van der Waals surface area contributed by atoms with Gasteiger partial charge in [-0.1, -0.05) is 13.8 Å². The Morgan fingerprint density at radius 2 is 2.00 bits per heavy atom. The zero-order chi connectivity index (χ0) is 9.12. The quantitative estimate of drug-likeness (QED) is 0.456. The van der Waals surface area contributed by atoms with E-state index < -0.39 is 15.4 Å². The SMILES string of the molecule is C=NS(=O)(=O)CC(C)(C)C=O. The molecule has 0 saturated heterocycles.